The Morgan fingerprint density at radius 2 is 0.814 bits per heavy atom. The van der Waals surface area contributed by atoms with Crippen molar-refractivity contribution >= 4 is 79.0 Å². The molecule has 3 aliphatic rings. The van der Waals surface area contributed by atoms with Crippen LogP contribution in [0.15, 0.2) is 0 Å². The Hall–Kier alpha value is -0.110. The van der Waals surface area contributed by atoms with Gasteiger partial charge in [-0.1, -0.05) is 80.1 Å². The topological polar surface area (TPSA) is 93.2 Å². The highest BCUT2D eigenvalue weighted by Crippen LogP contribution is 2.61. The molecule has 2 amide bonds. The van der Waals surface area contributed by atoms with Gasteiger partial charge in [-0.05, 0) is 97.7 Å². The molecule has 1 aliphatic carbocycles. The second-order valence-electron chi connectivity index (χ2n) is 8.24. The summed E-state index contributed by atoms with van der Waals surface area (Å²) in [7, 11) is 0. The van der Waals surface area contributed by atoms with Crippen LogP contribution in [0.4, 0.5) is 14.4 Å². The maximum absolute atomic E-state index is 11.1. The number of rotatable bonds is 2. The first kappa shape index (κ1) is 52.4. The molecule has 8 nitrogen and oxygen atoms in total. The number of piperidine rings is 2. The average Bonchev–Trinajstić information content (AvgIpc) is 3.02. The largest absolute Gasteiger partial charge is 0.454 e. The number of amides is 2. The van der Waals surface area contributed by atoms with Gasteiger partial charge in [0.05, 0.1) is 13.2 Å². The first-order chi connectivity index (χ1) is 20.4. The molecule has 0 N–H and O–H groups in total. The van der Waals surface area contributed by atoms with E-state index in [-0.39, 0.29) is 11.5 Å². The van der Waals surface area contributed by atoms with Crippen LogP contribution in [0.1, 0.15) is 132 Å². The molecule has 2 aliphatic heterocycles. The fourth-order valence-corrected chi connectivity index (χ4v) is 3.81. The van der Waals surface area contributed by atoms with E-state index < -0.39 is 10.6 Å². The van der Waals surface area contributed by atoms with Gasteiger partial charge in [-0.25, -0.2) is 9.59 Å². The molecule has 0 aromatic heterocycles. The Balaban J connectivity index is -0.000000137. The summed E-state index contributed by atoms with van der Waals surface area (Å²) >= 11 is 23.8. The van der Waals surface area contributed by atoms with E-state index in [2.05, 4.69) is 38.5 Å². The van der Waals surface area contributed by atoms with Crippen LogP contribution in [0.2, 0.25) is 0 Å². The van der Waals surface area contributed by atoms with Crippen molar-refractivity contribution in [3.05, 3.63) is 0 Å². The fraction of sp³-hybridized carbons (Fsp3) is 0.897. The van der Waals surface area contributed by atoms with Crippen molar-refractivity contribution < 1.29 is 28.4 Å². The van der Waals surface area contributed by atoms with Crippen LogP contribution in [0.3, 0.4) is 0 Å². The molecule has 0 spiro atoms. The molecular formula is C29H60Cl5N2O6P. The van der Waals surface area contributed by atoms with E-state index in [1.54, 1.807) is 16.7 Å². The van der Waals surface area contributed by atoms with Crippen LogP contribution < -0.4 is 0 Å². The third-order valence-electron chi connectivity index (χ3n) is 5.24. The Morgan fingerprint density at radius 1 is 0.558 bits per heavy atom. The zero-order chi connectivity index (χ0) is 34.5. The molecule has 0 unspecified atom stereocenters. The number of halogens is 5. The lowest BCUT2D eigenvalue weighted by Crippen LogP contribution is -2.35. The minimum Gasteiger partial charge on any atom is -0.454 e. The number of likely N-dealkylation sites (tertiary alicyclic amines) is 2. The van der Waals surface area contributed by atoms with E-state index in [1.165, 1.54) is 51.4 Å². The van der Waals surface area contributed by atoms with E-state index in [9.17, 15) is 18.9 Å². The maximum Gasteiger partial charge on any atom is 0.409 e. The van der Waals surface area contributed by atoms with Crippen LogP contribution in [-0.2, 0) is 14.0 Å². The van der Waals surface area contributed by atoms with Gasteiger partial charge in [-0.2, -0.15) is 0 Å². The van der Waals surface area contributed by atoms with Gasteiger partial charge in [0, 0.05) is 37.8 Å². The summed E-state index contributed by atoms with van der Waals surface area (Å²) in [6.45, 7) is 19.8. The lowest BCUT2D eigenvalue weighted by atomic mass is 10.0. The summed E-state index contributed by atoms with van der Waals surface area (Å²) in [6, 6.07) is 0. The summed E-state index contributed by atoms with van der Waals surface area (Å²) in [5.74, 6) is 0. The fourth-order valence-electron chi connectivity index (χ4n) is 3.54. The van der Waals surface area contributed by atoms with Crippen LogP contribution in [0.5, 0.6) is 0 Å². The summed E-state index contributed by atoms with van der Waals surface area (Å²) in [6.07, 6.45) is 15.8. The quantitative estimate of drug-likeness (QED) is 0.159. The molecule has 3 fully saturated rings. The third kappa shape index (κ3) is 51.7. The molecule has 0 aromatic rings. The number of carbonyl (C=O) groups excluding carboxylic acids is 3. The van der Waals surface area contributed by atoms with Gasteiger partial charge in [0.15, 0.2) is 0 Å². The molecular weight excluding hydrogens is 681 g/mol. The number of hydrogen-bond donors (Lipinski definition) is 0. The van der Waals surface area contributed by atoms with Crippen molar-refractivity contribution in [2.45, 2.75) is 132 Å². The summed E-state index contributed by atoms with van der Waals surface area (Å²) < 4.78 is 18.5. The van der Waals surface area contributed by atoms with E-state index in [4.69, 9.17) is 27.9 Å². The minimum absolute atomic E-state index is 0.146. The lowest BCUT2D eigenvalue weighted by Gasteiger charge is -2.25. The molecule has 262 valence electrons. The summed E-state index contributed by atoms with van der Waals surface area (Å²) in [5, 5.41) is -3.52. The van der Waals surface area contributed by atoms with Gasteiger partial charge in [-0.15, -0.1) is 0 Å². The van der Waals surface area contributed by atoms with Crippen molar-refractivity contribution in [3.8, 4) is 0 Å². The van der Waals surface area contributed by atoms with Gasteiger partial charge in [0.2, 0.25) is 0 Å². The van der Waals surface area contributed by atoms with Gasteiger partial charge >= 0.3 is 22.1 Å². The summed E-state index contributed by atoms with van der Waals surface area (Å²) in [5.41, 5.74) is -0.738. The molecule has 2 heterocycles. The van der Waals surface area contributed by atoms with E-state index >= 15 is 0 Å². The molecule has 3 rings (SSSR count). The number of hydrogen-bond acceptors (Lipinski definition) is 6. The predicted molar refractivity (Wildman–Crippen MR) is 189 cm³/mol. The molecule has 14 heteroatoms. The third-order valence-corrected chi connectivity index (χ3v) is 5.59. The van der Waals surface area contributed by atoms with E-state index in [1.807, 2.05) is 48.5 Å². The standard InChI is InChI=1S/C8H15NO2.C6H10ClNO.C6H12.C3H5ClO2.3C2H6.Cl3OP/c1-2-11-8(10)9-6-4-3-5-7-9;7-6(9)8-4-2-1-3-5-8;1-2-4-6-5-3-1;1-2-6-3(4)5;3*1-2;1-5(2,3)4/h2-7H2,1H3;1-5H2;1-6H2;2H2,1H3;3*1-2H3;. The molecule has 2 saturated heterocycles. The van der Waals surface area contributed by atoms with Crippen LogP contribution >= 0.6 is 62.1 Å². The van der Waals surface area contributed by atoms with Crippen LogP contribution in [0.25, 0.3) is 0 Å². The first-order valence-corrected chi connectivity index (χ1v) is 21.0. The molecule has 0 bridgehead atoms. The summed E-state index contributed by atoms with van der Waals surface area (Å²) in [4.78, 5) is 34.6. The smallest absolute Gasteiger partial charge is 0.409 e. The second-order valence-corrected chi connectivity index (χ2v) is 15.5. The lowest BCUT2D eigenvalue weighted by molar-refractivity contribution is 0.0997. The Kier molecular flexibility index (Phi) is 51.1. The van der Waals surface area contributed by atoms with Crippen molar-refractivity contribution in [1.82, 2.24) is 9.80 Å². The normalized spacial score (nSPS) is 15.0. The van der Waals surface area contributed by atoms with Crippen molar-refractivity contribution in [1.29, 1.82) is 0 Å². The number of carbonyl (C=O) groups is 3. The minimum atomic E-state index is -3.22. The average molecular weight is 741 g/mol. The van der Waals surface area contributed by atoms with Gasteiger partial charge in [0.1, 0.15) is 0 Å². The van der Waals surface area contributed by atoms with Crippen molar-refractivity contribution in [3.63, 3.8) is 0 Å². The molecule has 43 heavy (non-hydrogen) atoms. The first-order valence-electron chi connectivity index (χ1n) is 15.8. The highest BCUT2D eigenvalue weighted by Gasteiger charge is 2.16. The zero-order valence-electron chi connectivity index (χ0n) is 27.9. The highest BCUT2D eigenvalue weighted by molar-refractivity contribution is 8.24. The maximum atomic E-state index is 11.1. The van der Waals surface area contributed by atoms with Gasteiger partial charge < -0.3 is 19.3 Å². The number of ether oxygens (including phenoxy) is 2. The van der Waals surface area contributed by atoms with Crippen LogP contribution in [-0.4, -0.2) is 66.1 Å². The van der Waals surface area contributed by atoms with E-state index in [0.717, 1.165) is 51.9 Å². The van der Waals surface area contributed by atoms with Gasteiger partial charge in [0.25, 0.3) is 0 Å². The van der Waals surface area contributed by atoms with Gasteiger partial charge in [-0.3, -0.25) is 9.36 Å². The Bertz CT molecular complexity index is 625. The Labute approximate surface area is 287 Å². The van der Waals surface area contributed by atoms with Crippen molar-refractivity contribution in [2.24, 2.45) is 0 Å². The van der Waals surface area contributed by atoms with E-state index in [0.29, 0.717) is 13.2 Å². The van der Waals surface area contributed by atoms with Crippen LogP contribution in [0, 0.1) is 0 Å². The zero-order valence-corrected chi connectivity index (χ0v) is 32.6. The highest BCUT2D eigenvalue weighted by atomic mass is 36.0. The second kappa shape index (κ2) is 41.9. The molecule has 0 atom stereocenters. The van der Waals surface area contributed by atoms with Crippen molar-refractivity contribution in [2.75, 3.05) is 39.4 Å². The predicted octanol–water partition coefficient (Wildman–Crippen LogP) is 13.1. The SMILES string of the molecule is C1CCCCC1.CC.CC.CC.CCOC(=O)Cl.CCOC(=O)N1CCCCC1.O=C(Cl)N1CCCCC1.O=P(Cl)(Cl)Cl. The number of nitrogens with zero attached hydrogens (tertiary/aromatic N) is 2. The molecule has 0 aromatic carbocycles. The molecule has 1 saturated carbocycles. The molecule has 0 radical (unpaired) electrons. The Morgan fingerprint density at radius 3 is 1.00 bits per heavy atom. The monoisotopic (exact) mass is 738 g/mol.